The fourth-order valence-electron chi connectivity index (χ4n) is 2.16. The van der Waals surface area contributed by atoms with Gasteiger partial charge >= 0.3 is 0 Å². The van der Waals surface area contributed by atoms with Crippen molar-refractivity contribution in [1.82, 2.24) is 5.32 Å². The van der Waals surface area contributed by atoms with Crippen LogP contribution in [0.15, 0.2) is 36.4 Å². The number of amides is 1. The van der Waals surface area contributed by atoms with Crippen molar-refractivity contribution >= 4 is 16.7 Å². The summed E-state index contributed by atoms with van der Waals surface area (Å²) in [6, 6.07) is 12.4. The lowest BCUT2D eigenvalue weighted by Gasteiger charge is -2.18. The van der Waals surface area contributed by atoms with Crippen LogP contribution in [0.4, 0.5) is 0 Å². The number of carbonyl (C=O) groups excluding carboxylic acids is 1. The van der Waals surface area contributed by atoms with Crippen LogP contribution >= 0.6 is 0 Å². The van der Waals surface area contributed by atoms with Crippen LogP contribution in [0.5, 0.6) is 5.75 Å². The summed E-state index contributed by atoms with van der Waals surface area (Å²) in [6.45, 7) is 6.53. The maximum absolute atomic E-state index is 11.2. The van der Waals surface area contributed by atoms with Crippen LogP contribution in [0, 0.1) is 0 Å². The second kappa shape index (κ2) is 6.59. The molecule has 0 aliphatic heterocycles. The molecular weight excluding hydrogens is 264 g/mol. The molecule has 2 rings (SSSR count). The van der Waals surface area contributed by atoms with Gasteiger partial charge in [-0.25, -0.2) is 0 Å². The summed E-state index contributed by atoms with van der Waals surface area (Å²) in [4.78, 5) is 11.2. The second-order valence-electron chi connectivity index (χ2n) is 5.46. The first kappa shape index (κ1) is 15.3. The van der Waals surface area contributed by atoms with Crippen LogP contribution in [-0.2, 0) is 11.3 Å². The van der Waals surface area contributed by atoms with Gasteiger partial charge in [-0.2, -0.15) is 0 Å². The molecule has 0 heterocycles. The van der Waals surface area contributed by atoms with E-state index in [9.17, 15) is 4.79 Å². The van der Waals surface area contributed by atoms with Gasteiger partial charge in [-0.15, -0.1) is 0 Å². The second-order valence-corrected chi connectivity index (χ2v) is 5.46. The highest BCUT2D eigenvalue weighted by molar-refractivity contribution is 5.88. The fourth-order valence-corrected chi connectivity index (χ4v) is 2.16. The van der Waals surface area contributed by atoms with Crippen LogP contribution in [0.25, 0.3) is 10.8 Å². The zero-order valence-electron chi connectivity index (χ0n) is 12.7. The summed E-state index contributed by atoms with van der Waals surface area (Å²) < 4.78 is 5.73. The van der Waals surface area contributed by atoms with Crippen molar-refractivity contribution in [2.75, 3.05) is 0 Å². The van der Waals surface area contributed by atoms with Crippen LogP contribution in [0.1, 0.15) is 26.3 Å². The zero-order chi connectivity index (χ0) is 15.4. The van der Waals surface area contributed by atoms with E-state index in [0.29, 0.717) is 18.3 Å². The minimum absolute atomic E-state index is 0.366. The lowest BCUT2D eigenvalue weighted by Crippen LogP contribution is -2.31. The Hall–Kier alpha value is -2.07. The minimum atomic E-state index is -0.649. The molecule has 4 nitrogen and oxygen atoms in total. The monoisotopic (exact) mass is 286 g/mol. The Morgan fingerprint density at radius 3 is 2.57 bits per heavy atom. The molecular formula is C17H22N2O2. The molecule has 0 aliphatic carbocycles. The Bertz CT molecular complexity index is 638. The Balaban J connectivity index is 2.42. The third-order valence-electron chi connectivity index (χ3n) is 3.39. The van der Waals surface area contributed by atoms with E-state index in [0.717, 1.165) is 16.3 Å². The van der Waals surface area contributed by atoms with Gasteiger partial charge in [0.25, 0.3) is 5.91 Å². The number of carbonyl (C=O) groups is 1. The van der Waals surface area contributed by atoms with E-state index in [4.69, 9.17) is 10.5 Å². The van der Waals surface area contributed by atoms with Crippen molar-refractivity contribution in [3.63, 3.8) is 0 Å². The summed E-state index contributed by atoms with van der Waals surface area (Å²) in [6.07, 6.45) is -0.649. The molecule has 0 bridgehead atoms. The van der Waals surface area contributed by atoms with Crippen LogP contribution in [0.2, 0.25) is 0 Å². The molecule has 0 fully saturated rings. The van der Waals surface area contributed by atoms with E-state index in [1.165, 1.54) is 0 Å². The highest BCUT2D eigenvalue weighted by Crippen LogP contribution is 2.29. The number of fused-ring (bicyclic) bond motifs is 1. The van der Waals surface area contributed by atoms with Gasteiger partial charge in [0.2, 0.25) is 0 Å². The molecule has 0 spiro atoms. The average Bonchev–Trinajstić information content (AvgIpc) is 2.45. The third kappa shape index (κ3) is 3.73. The predicted octanol–water partition coefficient (Wildman–Crippen LogP) is 2.59. The minimum Gasteiger partial charge on any atom is -0.481 e. The molecule has 0 saturated heterocycles. The van der Waals surface area contributed by atoms with Gasteiger partial charge in [0, 0.05) is 18.2 Å². The first-order chi connectivity index (χ1) is 9.99. The molecule has 4 heteroatoms. The van der Waals surface area contributed by atoms with Crippen molar-refractivity contribution in [1.29, 1.82) is 0 Å². The molecule has 0 aliphatic rings. The van der Waals surface area contributed by atoms with Crippen molar-refractivity contribution in [2.45, 2.75) is 39.5 Å². The van der Waals surface area contributed by atoms with E-state index < -0.39 is 12.0 Å². The van der Waals surface area contributed by atoms with Gasteiger partial charge in [-0.3, -0.25) is 4.79 Å². The normalized spacial score (nSPS) is 12.6. The largest absolute Gasteiger partial charge is 0.481 e. The first-order valence-electron chi connectivity index (χ1n) is 7.19. The number of rotatable bonds is 6. The van der Waals surface area contributed by atoms with Crippen LogP contribution in [-0.4, -0.2) is 18.1 Å². The molecule has 21 heavy (non-hydrogen) atoms. The molecule has 0 aromatic heterocycles. The van der Waals surface area contributed by atoms with E-state index >= 15 is 0 Å². The SMILES string of the molecule is CC(C)NCc1c(OC(C)C(N)=O)ccc2ccccc12. The lowest BCUT2D eigenvalue weighted by molar-refractivity contribution is -0.124. The van der Waals surface area contributed by atoms with Crippen LogP contribution < -0.4 is 15.8 Å². The van der Waals surface area contributed by atoms with Gasteiger partial charge in [-0.1, -0.05) is 44.2 Å². The molecule has 0 saturated carbocycles. The molecule has 2 aromatic carbocycles. The fraction of sp³-hybridized carbons (Fsp3) is 0.353. The summed E-state index contributed by atoms with van der Waals surface area (Å²) in [5.74, 6) is 0.235. The van der Waals surface area contributed by atoms with Gasteiger partial charge in [0.1, 0.15) is 5.75 Å². The van der Waals surface area contributed by atoms with E-state index in [-0.39, 0.29) is 0 Å². The van der Waals surface area contributed by atoms with Crippen LogP contribution in [0.3, 0.4) is 0 Å². The Kier molecular flexibility index (Phi) is 4.81. The van der Waals surface area contributed by atoms with Gasteiger partial charge in [0.05, 0.1) is 0 Å². The molecule has 2 aromatic rings. The highest BCUT2D eigenvalue weighted by atomic mass is 16.5. The van der Waals surface area contributed by atoms with Crippen molar-refractivity contribution < 1.29 is 9.53 Å². The predicted molar refractivity (Wildman–Crippen MR) is 85.2 cm³/mol. The number of ether oxygens (including phenoxy) is 1. The smallest absolute Gasteiger partial charge is 0.258 e. The number of hydrogen-bond acceptors (Lipinski definition) is 3. The number of primary amides is 1. The molecule has 0 radical (unpaired) electrons. The Morgan fingerprint density at radius 1 is 1.19 bits per heavy atom. The average molecular weight is 286 g/mol. The van der Waals surface area contributed by atoms with Gasteiger partial charge in [-0.05, 0) is 23.8 Å². The van der Waals surface area contributed by atoms with Crippen molar-refractivity contribution in [3.05, 3.63) is 42.0 Å². The third-order valence-corrected chi connectivity index (χ3v) is 3.39. The zero-order valence-corrected chi connectivity index (χ0v) is 12.7. The summed E-state index contributed by atoms with van der Waals surface area (Å²) in [7, 11) is 0. The topological polar surface area (TPSA) is 64.3 Å². The van der Waals surface area contributed by atoms with Gasteiger partial charge in [0.15, 0.2) is 6.10 Å². The van der Waals surface area contributed by atoms with E-state index in [2.05, 4.69) is 31.3 Å². The molecule has 3 N–H and O–H groups in total. The quantitative estimate of drug-likeness (QED) is 0.858. The molecule has 1 amide bonds. The van der Waals surface area contributed by atoms with Crippen molar-refractivity contribution in [3.8, 4) is 5.75 Å². The summed E-state index contributed by atoms with van der Waals surface area (Å²) >= 11 is 0. The molecule has 112 valence electrons. The van der Waals surface area contributed by atoms with E-state index in [1.807, 2.05) is 24.3 Å². The number of hydrogen-bond donors (Lipinski definition) is 2. The van der Waals surface area contributed by atoms with Gasteiger partial charge < -0.3 is 15.8 Å². The molecule has 1 unspecified atom stereocenters. The number of nitrogens with one attached hydrogen (secondary N) is 1. The maximum atomic E-state index is 11.2. The van der Waals surface area contributed by atoms with E-state index in [1.54, 1.807) is 6.92 Å². The molecule has 1 atom stereocenters. The lowest BCUT2D eigenvalue weighted by atomic mass is 10.0. The highest BCUT2D eigenvalue weighted by Gasteiger charge is 2.15. The maximum Gasteiger partial charge on any atom is 0.258 e. The first-order valence-corrected chi connectivity index (χ1v) is 7.19. The Morgan fingerprint density at radius 2 is 1.90 bits per heavy atom. The van der Waals surface area contributed by atoms with Crippen molar-refractivity contribution in [2.24, 2.45) is 5.73 Å². The number of nitrogens with two attached hydrogens (primary N) is 1. The summed E-state index contributed by atoms with van der Waals surface area (Å²) in [5, 5.41) is 5.68. The standard InChI is InChI=1S/C17H22N2O2/c1-11(2)19-10-15-14-7-5-4-6-13(14)8-9-16(15)21-12(3)17(18)20/h4-9,11-12,19H,10H2,1-3H3,(H2,18,20). The number of benzene rings is 2. The Labute approximate surface area is 125 Å². The summed E-state index contributed by atoms with van der Waals surface area (Å²) in [5.41, 5.74) is 6.34.